The van der Waals surface area contributed by atoms with Crippen LogP contribution < -0.4 is 14.8 Å². The molecular weight excluding hydrogens is 408 g/mol. The fourth-order valence-electron chi connectivity index (χ4n) is 3.14. The van der Waals surface area contributed by atoms with Crippen molar-refractivity contribution in [2.75, 3.05) is 13.4 Å². The van der Waals surface area contributed by atoms with E-state index in [1.165, 1.54) is 30.3 Å². The number of rotatable bonds is 7. The Hall–Kier alpha value is -3.96. The Labute approximate surface area is 175 Å². The minimum atomic E-state index is -1.27. The van der Waals surface area contributed by atoms with Crippen molar-refractivity contribution in [1.82, 2.24) is 15.5 Å². The molecule has 3 aromatic rings. The quantitative estimate of drug-likeness (QED) is 0.327. The summed E-state index contributed by atoms with van der Waals surface area (Å²) in [7, 11) is 0. The summed E-state index contributed by atoms with van der Waals surface area (Å²) < 4.78 is 10.6. The molecule has 11 heteroatoms. The number of H-pyrrole nitrogens is 1. The van der Waals surface area contributed by atoms with E-state index in [1.54, 1.807) is 18.2 Å². The van der Waals surface area contributed by atoms with Crippen LogP contribution in [0.5, 0.6) is 11.5 Å². The Morgan fingerprint density at radius 2 is 1.94 bits per heavy atom. The maximum absolute atomic E-state index is 12.6. The molecule has 0 spiro atoms. The number of aromatic amines is 1. The zero-order chi connectivity index (χ0) is 22.0. The third kappa shape index (κ3) is 4.17. The van der Waals surface area contributed by atoms with E-state index in [9.17, 15) is 25.1 Å². The number of hydrogen-bond donors (Lipinski definition) is 4. The molecule has 0 saturated heterocycles. The molecule has 0 aliphatic carbocycles. The van der Waals surface area contributed by atoms with Gasteiger partial charge in [-0.2, -0.15) is 5.10 Å². The van der Waals surface area contributed by atoms with E-state index in [0.717, 1.165) is 0 Å². The number of nitro benzene ring substituents is 1. The summed E-state index contributed by atoms with van der Waals surface area (Å²) in [6.07, 6.45) is -1.27. The number of nitro groups is 1. The molecule has 0 saturated carbocycles. The van der Waals surface area contributed by atoms with Crippen molar-refractivity contribution in [3.63, 3.8) is 0 Å². The largest absolute Gasteiger partial charge is 0.454 e. The number of nitrogens with zero attached hydrogens (tertiary/aromatic N) is 2. The number of aliphatic hydroxyl groups excluding tert-OH is 2. The Morgan fingerprint density at radius 3 is 2.65 bits per heavy atom. The molecule has 1 aliphatic heterocycles. The predicted octanol–water partition coefficient (Wildman–Crippen LogP) is 1.54. The molecule has 1 aromatic heterocycles. The lowest BCUT2D eigenvalue weighted by atomic mass is 10.0. The van der Waals surface area contributed by atoms with Gasteiger partial charge in [0.05, 0.1) is 23.3 Å². The third-order valence-corrected chi connectivity index (χ3v) is 4.83. The van der Waals surface area contributed by atoms with Crippen molar-refractivity contribution in [2.24, 2.45) is 0 Å². The van der Waals surface area contributed by atoms with E-state index >= 15 is 0 Å². The Bertz CT molecular complexity index is 1110. The number of hydrogen-bond acceptors (Lipinski definition) is 8. The molecule has 2 aromatic carbocycles. The van der Waals surface area contributed by atoms with Gasteiger partial charge >= 0.3 is 0 Å². The summed E-state index contributed by atoms with van der Waals surface area (Å²) in [6, 6.07) is 11.0. The minimum absolute atomic E-state index is 0.127. The summed E-state index contributed by atoms with van der Waals surface area (Å²) in [5.41, 5.74) is 1.52. The van der Waals surface area contributed by atoms with Crippen LogP contribution in [0.25, 0.3) is 11.3 Å². The molecular formula is C20H18N4O7. The predicted molar refractivity (Wildman–Crippen MR) is 107 cm³/mol. The molecule has 160 valence electrons. The van der Waals surface area contributed by atoms with Gasteiger partial charge in [-0.3, -0.25) is 20.0 Å². The first-order chi connectivity index (χ1) is 15.0. The van der Waals surface area contributed by atoms with Gasteiger partial charge in [-0.1, -0.05) is 0 Å². The van der Waals surface area contributed by atoms with Crippen molar-refractivity contribution < 1.29 is 29.4 Å². The monoisotopic (exact) mass is 426 g/mol. The fourth-order valence-corrected chi connectivity index (χ4v) is 3.14. The smallest absolute Gasteiger partial charge is 0.269 e. The normalized spacial score (nSPS) is 14.1. The maximum atomic E-state index is 12.6. The summed E-state index contributed by atoms with van der Waals surface area (Å²) in [5.74, 6) is 0.626. The molecule has 11 nitrogen and oxygen atoms in total. The van der Waals surface area contributed by atoms with Crippen molar-refractivity contribution in [1.29, 1.82) is 0 Å². The molecule has 4 N–H and O–H groups in total. The van der Waals surface area contributed by atoms with Crippen LogP contribution in [-0.4, -0.2) is 50.7 Å². The maximum Gasteiger partial charge on any atom is 0.269 e. The van der Waals surface area contributed by atoms with Gasteiger partial charge in [-0.25, -0.2) is 0 Å². The van der Waals surface area contributed by atoms with Crippen molar-refractivity contribution >= 4 is 11.6 Å². The third-order valence-electron chi connectivity index (χ3n) is 4.83. The van der Waals surface area contributed by atoms with Crippen LogP contribution >= 0.6 is 0 Å². The lowest BCUT2D eigenvalue weighted by Crippen LogP contribution is -2.42. The molecule has 2 atom stereocenters. The second-order valence-electron chi connectivity index (χ2n) is 6.79. The van der Waals surface area contributed by atoms with Gasteiger partial charge in [0.1, 0.15) is 11.8 Å². The summed E-state index contributed by atoms with van der Waals surface area (Å²) in [6.45, 7) is -0.403. The Kier molecular flexibility index (Phi) is 5.52. The highest BCUT2D eigenvalue weighted by atomic mass is 16.7. The summed E-state index contributed by atoms with van der Waals surface area (Å²) >= 11 is 0. The first-order valence-electron chi connectivity index (χ1n) is 9.26. The van der Waals surface area contributed by atoms with Gasteiger partial charge < -0.3 is 25.0 Å². The topological polar surface area (TPSA) is 160 Å². The standard InChI is InChI=1S/C20H18N4O7/c25-9-16(19(26)11-1-4-13(5-2-11)24(28)29)21-20(27)15-8-14(22-23-15)12-3-6-17-18(7-12)31-10-30-17/h1-8,16,19,25-26H,9-10H2,(H,21,27)(H,22,23). The zero-order valence-electron chi connectivity index (χ0n) is 16.0. The van der Waals surface area contributed by atoms with Gasteiger partial charge in [-0.05, 0) is 42.0 Å². The minimum Gasteiger partial charge on any atom is -0.454 e. The van der Waals surface area contributed by atoms with E-state index in [2.05, 4.69) is 15.5 Å². The Morgan fingerprint density at radius 1 is 1.19 bits per heavy atom. The number of aromatic nitrogens is 2. The number of aliphatic hydroxyl groups is 2. The van der Waals surface area contributed by atoms with E-state index in [0.29, 0.717) is 28.3 Å². The van der Waals surface area contributed by atoms with Gasteiger partial charge in [-0.15, -0.1) is 0 Å². The lowest BCUT2D eigenvalue weighted by molar-refractivity contribution is -0.384. The zero-order valence-corrected chi connectivity index (χ0v) is 16.0. The number of ether oxygens (including phenoxy) is 2. The number of amides is 1. The van der Waals surface area contributed by atoms with Gasteiger partial charge in [0.2, 0.25) is 6.79 Å². The van der Waals surface area contributed by atoms with E-state index in [1.807, 2.05) is 0 Å². The van der Waals surface area contributed by atoms with Crippen LogP contribution in [0.3, 0.4) is 0 Å². The van der Waals surface area contributed by atoms with Crippen molar-refractivity contribution in [3.8, 4) is 22.8 Å². The molecule has 1 amide bonds. The van der Waals surface area contributed by atoms with E-state index in [-0.39, 0.29) is 18.2 Å². The van der Waals surface area contributed by atoms with Gasteiger partial charge in [0.25, 0.3) is 11.6 Å². The van der Waals surface area contributed by atoms with Crippen molar-refractivity contribution in [3.05, 3.63) is 69.9 Å². The first-order valence-corrected chi connectivity index (χ1v) is 9.26. The Balaban J connectivity index is 1.46. The average Bonchev–Trinajstić information content (AvgIpc) is 3.46. The second-order valence-corrected chi connectivity index (χ2v) is 6.79. The molecule has 31 heavy (non-hydrogen) atoms. The van der Waals surface area contributed by atoms with Crippen LogP contribution in [0.15, 0.2) is 48.5 Å². The number of carbonyl (C=O) groups excluding carboxylic acids is 1. The molecule has 1 aliphatic rings. The first kappa shape index (κ1) is 20.3. The molecule has 0 fully saturated rings. The van der Waals surface area contributed by atoms with Crippen LogP contribution in [0.4, 0.5) is 5.69 Å². The highest BCUT2D eigenvalue weighted by Gasteiger charge is 2.24. The van der Waals surface area contributed by atoms with Crippen LogP contribution in [0.1, 0.15) is 22.2 Å². The van der Waals surface area contributed by atoms with Crippen LogP contribution in [-0.2, 0) is 0 Å². The highest BCUT2D eigenvalue weighted by molar-refractivity contribution is 5.93. The molecule has 0 bridgehead atoms. The molecule has 4 rings (SSSR count). The van der Waals surface area contributed by atoms with Gasteiger partial charge in [0.15, 0.2) is 11.5 Å². The number of benzene rings is 2. The molecule has 2 unspecified atom stereocenters. The van der Waals surface area contributed by atoms with Crippen LogP contribution in [0, 0.1) is 10.1 Å². The van der Waals surface area contributed by atoms with Crippen molar-refractivity contribution in [2.45, 2.75) is 12.1 Å². The molecule has 0 radical (unpaired) electrons. The SMILES string of the molecule is O=C(NC(CO)C(O)c1ccc([N+](=O)[O-])cc1)c1cc(-c2ccc3c(c2)OCO3)n[nH]1. The highest BCUT2D eigenvalue weighted by Crippen LogP contribution is 2.35. The number of fused-ring (bicyclic) bond motifs is 1. The van der Waals surface area contributed by atoms with Gasteiger partial charge in [0, 0.05) is 17.7 Å². The number of carbonyl (C=O) groups is 1. The summed E-state index contributed by atoms with van der Waals surface area (Å²) in [4.78, 5) is 22.8. The molecule has 2 heterocycles. The van der Waals surface area contributed by atoms with E-state index in [4.69, 9.17) is 9.47 Å². The summed E-state index contributed by atoms with van der Waals surface area (Å²) in [5, 5.41) is 40.2. The fraction of sp³-hybridized carbons (Fsp3) is 0.200. The van der Waals surface area contributed by atoms with Crippen LogP contribution in [0.2, 0.25) is 0 Å². The number of non-ortho nitro benzene ring substituents is 1. The average molecular weight is 426 g/mol. The number of nitrogens with one attached hydrogen (secondary N) is 2. The second kappa shape index (κ2) is 8.42. The van der Waals surface area contributed by atoms with E-state index < -0.39 is 29.6 Å². The lowest BCUT2D eigenvalue weighted by Gasteiger charge is -2.22.